The van der Waals surface area contributed by atoms with Crippen LogP contribution in [0.15, 0.2) is 18.2 Å². The summed E-state index contributed by atoms with van der Waals surface area (Å²) in [5, 5.41) is 0. The van der Waals surface area contributed by atoms with E-state index in [9.17, 15) is 0 Å². The second-order valence-electron chi connectivity index (χ2n) is 8.11. The lowest BCUT2D eigenvalue weighted by Crippen LogP contribution is -2.46. The smallest absolute Gasteiger partial charge is 0.462 e. The summed E-state index contributed by atoms with van der Waals surface area (Å²) in [7, 11) is -2.57. The van der Waals surface area contributed by atoms with E-state index in [-0.39, 0.29) is 0 Å². The van der Waals surface area contributed by atoms with Gasteiger partial charge in [0.25, 0.3) is 0 Å². The van der Waals surface area contributed by atoms with E-state index >= 15 is 0 Å². The van der Waals surface area contributed by atoms with Crippen molar-refractivity contribution in [3.63, 3.8) is 0 Å². The van der Waals surface area contributed by atoms with Crippen LogP contribution in [0.1, 0.15) is 84.3 Å². The Hall–Kier alpha value is -0.923. The van der Waals surface area contributed by atoms with Crippen LogP contribution in [0.25, 0.3) is 0 Å². The van der Waals surface area contributed by atoms with Crippen LogP contribution in [0.2, 0.25) is 6.04 Å². The van der Waals surface area contributed by atoms with Gasteiger partial charge in [-0.1, -0.05) is 32.3 Å². The molecule has 0 saturated carbocycles. The van der Waals surface area contributed by atoms with Gasteiger partial charge in [0.15, 0.2) is 0 Å². The van der Waals surface area contributed by atoms with Crippen molar-refractivity contribution in [1.82, 2.24) is 0 Å². The fourth-order valence-corrected chi connectivity index (χ4v) is 6.61. The maximum absolute atomic E-state index is 6.23. The predicted octanol–water partition coefficient (Wildman–Crippen LogP) is 6.26. The molecule has 5 nitrogen and oxygen atoms in total. The number of benzene rings is 1. The van der Waals surface area contributed by atoms with E-state index in [1.54, 1.807) is 0 Å². The van der Waals surface area contributed by atoms with Crippen molar-refractivity contribution in [2.45, 2.75) is 98.0 Å². The van der Waals surface area contributed by atoms with Crippen molar-refractivity contribution in [3.05, 3.63) is 29.3 Å². The van der Waals surface area contributed by atoms with Crippen LogP contribution in [0, 0.1) is 0 Å². The number of hydrogen-bond acceptors (Lipinski definition) is 5. The minimum absolute atomic E-state index is 0.500. The lowest BCUT2D eigenvalue weighted by molar-refractivity contribution is -0.198. The van der Waals surface area contributed by atoms with Crippen LogP contribution >= 0.6 is 0 Å². The first-order chi connectivity index (χ1) is 14.5. The van der Waals surface area contributed by atoms with Crippen molar-refractivity contribution in [2.24, 2.45) is 0 Å². The molecule has 0 radical (unpaired) electrons. The van der Waals surface area contributed by atoms with Crippen LogP contribution in [0.3, 0.4) is 0 Å². The third-order valence-electron chi connectivity index (χ3n) is 5.51. The normalized spacial score (nSPS) is 18.8. The molecule has 1 aromatic rings. The summed E-state index contributed by atoms with van der Waals surface area (Å²) < 4.78 is 30.2. The van der Waals surface area contributed by atoms with E-state index < -0.39 is 14.6 Å². The van der Waals surface area contributed by atoms with Crippen molar-refractivity contribution in [2.75, 3.05) is 19.8 Å². The average Bonchev–Trinajstić information content (AvgIpc) is 2.72. The van der Waals surface area contributed by atoms with Crippen LogP contribution in [-0.4, -0.2) is 34.4 Å². The van der Waals surface area contributed by atoms with Gasteiger partial charge < -0.3 is 22.8 Å². The van der Waals surface area contributed by atoms with Crippen LogP contribution in [0.5, 0.6) is 5.75 Å². The van der Waals surface area contributed by atoms with Gasteiger partial charge in [-0.15, -0.1) is 0 Å². The monoisotopic (exact) mass is 438 g/mol. The van der Waals surface area contributed by atoms with Gasteiger partial charge in [-0.25, -0.2) is 0 Å². The highest BCUT2D eigenvalue weighted by Gasteiger charge is 2.39. The summed E-state index contributed by atoms with van der Waals surface area (Å²) in [6.07, 6.45) is 7.77. The Morgan fingerprint density at radius 1 is 0.933 bits per heavy atom. The molecular formula is C24H42O5Si. The lowest BCUT2D eigenvalue weighted by atomic mass is 10.0. The predicted molar refractivity (Wildman–Crippen MR) is 123 cm³/mol. The zero-order chi connectivity index (χ0) is 21.9. The number of fused-ring (bicyclic) bond motifs is 1. The first-order valence-electron chi connectivity index (χ1n) is 11.9. The Bertz CT molecular complexity index is 607. The quantitative estimate of drug-likeness (QED) is 0.239. The van der Waals surface area contributed by atoms with E-state index in [0.29, 0.717) is 26.4 Å². The molecule has 172 valence electrons. The Morgan fingerprint density at radius 3 is 2.27 bits per heavy atom. The third kappa shape index (κ3) is 7.64. The zero-order valence-corrected chi connectivity index (χ0v) is 20.8. The maximum atomic E-state index is 6.23. The minimum atomic E-state index is -2.57. The molecule has 1 aliphatic heterocycles. The molecule has 0 aromatic heterocycles. The fraction of sp³-hybridized carbons (Fsp3) is 0.750. The molecule has 1 aliphatic rings. The molecule has 30 heavy (non-hydrogen) atoms. The Labute approximate surface area is 184 Å². The summed E-state index contributed by atoms with van der Waals surface area (Å²) in [4.78, 5) is 0. The molecule has 6 heteroatoms. The van der Waals surface area contributed by atoms with Gasteiger partial charge in [0.1, 0.15) is 5.75 Å². The molecule has 1 unspecified atom stereocenters. The van der Waals surface area contributed by atoms with Gasteiger partial charge in [-0.05, 0) is 57.7 Å². The van der Waals surface area contributed by atoms with Gasteiger partial charge in [-0.3, -0.25) is 0 Å². The van der Waals surface area contributed by atoms with Crippen molar-refractivity contribution in [1.29, 1.82) is 0 Å². The van der Waals surface area contributed by atoms with E-state index in [0.717, 1.165) is 43.0 Å². The Kier molecular flexibility index (Phi) is 10.8. The second kappa shape index (κ2) is 12.8. The van der Waals surface area contributed by atoms with Gasteiger partial charge in [0.05, 0.1) is 6.61 Å². The molecule has 0 N–H and O–H groups in total. The molecule has 0 aliphatic carbocycles. The molecule has 1 aromatic carbocycles. The summed E-state index contributed by atoms with van der Waals surface area (Å²) in [6, 6.07) is 7.34. The van der Waals surface area contributed by atoms with Gasteiger partial charge >= 0.3 is 8.80 Å². The third-order valence-corrected chi connectivity index (χ3v) is 8.66. The topological polar surface area (TPSA) is 46.2 Å². The fourth-order valence-electron chi connectivity index (χ4n) is 4.00. The molecular weight excluding hydrogens is 396 g/mol. The van der Waals surface area contributed by atoms with Crippen LogP contribution < -0.4 is 4.74 Å². The molecule has 0 spiro atoms. The summed E-state index contributed by atoms with van der Waals surface area (Å²) in [5.41, 5.74) is 2.43. The summed E-state index contributed by atoms with van der Waals surface area (Å²) in [5.74, 6) is 0.463. The standard InChI is InChI=1S/C24H42O5Si/c1-6-10-11-12-17-24(5)25-20-22-19-21(15-16-23(22)29-24)14-13-18-30(26-7-2,27-8-3)28-9-4/h15-16,19H,6-14,17-18,20H2,1-5H3. The number of hydrogen-bond donors (Lipinski definition) is 0. The molecule has 0 amide bonds. The highest BCUT2D eigenvalue weighted by Crippen LogP contribution is 2.35. The van der Waals surface area contributed by atoms with E-state index in [4.69, 9.17) is 22.8 Å². The van der Waals surface area contributed by atoms with E-state index in [1.807, 2.05) is 20.8 Å². The molecule has 0 saturated heterocycles. The first kappa shape index (κ1) is 25.3. The lowest BCUT2D eigenvalue weighted by Gasteiger charge is -2.36. The van der Waals surface area contributed by atoms with E-state index in [2.05, 4.69) is 32.0 Å². The zero-order valence-electron chi connectivity index (χ0n) is 19.8. The SMILES string of the molecule is CCCCCCC1(C)OCc2cc(CCC[Si](OCC)(OCC)OCC)ccc2O1. The number of ether oxygens (including phenoxy) is 2. The maximum Gasteiger partial charge on any atom is 0.500 e. The first-order valence-corrected chi connectivity index (χ1v) is 13.8. The number of aryl methyl sites for hydroxylation is 1. The molecule has 2 rings (SSSR count). The van der Waals surface area contributed by atoms with Gasteiger partial charge in [0.2, 0.25) is 5.79 Å². The van der Waals surface area contributed by atoms with Crippen molar-refractivity contribution >= 4 is 8.80 Å². The van der Waals surface area contributed by atoms with E-state index in [1.165, 1.54) is 24.8 Å². The van der Waals surface area contributed by atoms with Crippen molar-refractivity contribution in [3.8, 4) is 5.75 Å². The van der Waals surface area contributed by atoms with Gasteiger partial charge in [-0.2, -0.15) is 0 Å². The Morgan fingerprint density at radius 2 is 1.63 bits per heavy atom. The highest BCUT2D eigenvalue weighted by molar-refractivity contribution is 6.60. The highest BCUT2D eigenvalue weighted by atomic mass is 28.4. The summed E-state index contributed by atoms with van der Waals surface area (Å²) >= 11 is 0. The average molecular weight is 439 g/mol. The number of unbranched alkanes of at least 4 members (excludes halogenated alkanes) is 3. The van der Waals surface area contributed by atoms with Crippen LogP contribution in [-0.2, 0) is 31.0 Å². The van der Waals surface area contributed by atoms with Crippen molar-refractivity contribution < 1.29 is 22.8 Å². The largest absolute Gasteiger partial charge is 0.500 e. The minimum Gasteiger partial charge on any atom is -0.462 e. The molecule has 1 heterocycles. The summed E-state index contributed by atoms with van der Waals surface area (Å²) in [6.45, 7) is 12.8. The molecule has 1 atom stereocenters. The Balaban J connectivity index is 1.91. The number of rotatable bonds is 15. The molecule has 0 fully saturated rings. The molecule has 0 bridgehead atoms. The van der Waals surface area contributed by atoms with Gasteiger partial charge in [0, 0.05) is 44.8 Å². The second-order valence-corrected chi connectivity index (χ2v) is 10.8. The van der Waals surface area contributed by atoms with Crippen LogP contribution in [0.4, 0.5) is 0 Å².